The topological polar surface area (TPSA) is 0 Å². The highest BCUT2D eigenvalue weighted by Crippen LogP contribution is 2.18. The summed E-state index contributed by atoms with van der Waals surface area (Å²) in [5, 5.41) is 2.04. The Morgan fingerprint density at radius 3 is 2.15 bits per heavy atom. The van der Waals surface area contributed by atoms with Gasteiger partial charge < -0.3 is 0 Å². The minimum absolute atomic E-state index is 0.528. The van der Waals surface area contributed by atoms with Gasteiger partial charge >= 0.3 is 0 Å². The van der Waals surface area contributed by atoms with Crippen molar-refractivity contribution in [2.45, 2.75) is 25.8 Å². The molecule has 0 fully saturated rings. The van der Waals surface area contributed by atoms with Gasteiger partial charge in [-0.25, -0.2) is 0 Å². The second-order valence-corrected chi connectivity index (χ2v) is 11.3. The molecule has 0 aliphatic carbocycles. The maximum atomic E-state index is 2.33. The van der Waals surface area contributed by atoms with Gasteiger partial charge in [0.25, 0.3) is 0 Å². The lowest BCUT2D eigenvalue weighted by atomic mass is 10.3. The summed E-state index contributed by atoms with van der Waals surface area (Å²) in [5.74, 6) is 0. The molecule has 0 saturated carbocycles. The normalized spacial score (nSPS) is 11.6. The highest BCUT2D eigenvalue weighted by Gasteiger charge is 2.10. The van der Waals surface area contributed by atoms with Gasteiger partial charge in [0.15, 0.2) is 0 Å². The van der Waals surface area contributed by atoms with E-state index in [2.05, 4.69) is 51.1 Å². The zero-order valence-electron chi connectivity index (χ0n) is 8.39. The van der Waals surface area contributed by atoms with Gasteiger partial charge in [0, 0.05) is 17.6 Å². The molecule has 0 aliphatic rings. The summed E-state index contributed by atoms with van der Waals surface area (Å²) in [6.07, 6.45) is 0. The van der Waals surface area contributed by atoms with Crippen LogP contribution in [0.4, 0.5) is 0 Å². The molecule has 0 unspecified atom stereocenters. The summed E-state index contributed by atoms with van der Waals surface area (Å²) >= 11 is 0. The molecule has 66 valence electrons. The van der Waals surface area contributed by atoms with Crippen LogP contribution in [0.2, 0.25) is 5.04 Å². The van der Waals surface area contributed by atoms with Crippen molar-refractivity contribution in [3.8, 4) is 0 Å². The zero-order chi connectivity index (χ0) is 9.73. The molecule has 1 rings (SSSR count). The molecular formula is C10H14Si3. The molecule has 1 aromatic rings. The first-order valence-corrected chi connectivity index (χ1v) is 9.41. The molecule has 0 saturated heterocycles. The van der Waals surface area contributed by atoms with E-state index in [1.807, 2.05) is 0 Å². The molecule has 1 aromatic carbocycles. The van der Waals surface area contributed by atoms with Gasteiger partial charge in [-0.15, -0.1) is 0 Å². The second kappa shape index (κ2) is 4.93. The molecule has 0 heterocycles. The zero-order valence-corrected chi connectivity index (χ0v) is 11.4. The maximum Gasteiger partial charge on any atom is 0.0607 e. The molecule has 0 amide bonds. The largest absolute Gasteiger partial charge is 0.0681 e. The third-order valence-electron chi connectivity index (χ3n) is 1.42. The third kappa shape index (κ3) is 5.23. The molecule has 0 N–H and O–H groups in total. The molecule has 0 nitrogen and oxygen atoms in total. The predicted molar refractivity (Wildman–Crippen MR) is 63.1 cm³/mol. The summed E-state index contributed by atoms with van der Waals surface area (Å²) < 4.78 is 0. The first-order chi connectivity index (χ1) is 6.08. The summed E-state index contributed by atoms with van der Waals surface area (Å²) in [5.41, 5.74) is 0. The van der Waals surface area contributed by atoms with Crippen molar-refractivity contribution in [2.24, 2.45) is 0 Å². The van der Waals surface area contributed by atoms with Crippen molar-refractivity contribution in [2.75, 3.05) is 0 Å². The first-order valence-electron chi connectivity index (χ1n) is 4.41. The van der Waals surface area contributed by atoms with Gasteiger partial charge in [-0.3, -0.25) is 0 Å². The van der Waals surface area contributed by atoms with Gasteiger partial charge in [-0.2, -0.15) is 0 Å². The van der Waals surface area contributed by atoms with E-state index in [0.717, 1.165) is 26.6 Å². The molecule has 0 bridgehead atoms. The highest BCUT2D eigenvalue weighted by atomic mass is 29.5. The Hall–Kier alpha value is -0.129. The molecule has 6 radical (unpaired) electrons. The fourth-order valence-electron chi connectivity index (χ4n) is 0.812. The lowest BCUT2D eigenvalue weighted by Crippen LogP contribution is -2.28. The van der Waals surface area contributed by atoms with Gasteiger partial charge in [-0.1, -0.05) is 56.3 Å². The van der Waals surface area contributed by atoms with Crippen molar-refractivity contribution in [1.29, 1.82) is 0 Å². The Morgan fingerprint density at radius 1 is 1.00 bits per heavy atom. The molecule has 13 heavy (non-hydrogen) atoms. The van der Waals surface area contributed by atoms with E-state index in [1.165, 1.54) is 5.19 Å². The van der Waals surface area contributed by atoms with Gasteiger partial charge in [-0.05, 0) is 5.04 Å². The minimum atomic E-state index is 0.528. The van der Waals surface area contributed by atoms with Crippen LogP contribution in [-0.4, -0.2) is 26.6 Å². The van der Waals surface area contributed by atoms with Crippen LogP contribution in [0.5, 0.6) is 0 Å². The van der Waals surface area contributed by atoms with Crippen LogP contribution in [0.15, 0.2) is 30.3 Å². The summed E-state index contributed by atoms with van der Waals surface area (Å²) in [6.45, 7) is 6.98. The Morgan fingerprint density at radius 2 is 1.62 bits per heavy atom. The van der Waals surface area contributed by atoms with E-state index in [9.17, 15) is 0 Å². The average molecular weight is 218 g/mol. The van der Waals surface area contributed by atoms with Crippen LogP contribution in [0.1, 0.15) is 20.8 Å². The lowest BCUT2D eigenvalue weighted by Gasteiger charge is -2.15. The van der Waals surface area contributed by atoms with Crippen LogP contribution >= 0.6 is 0 Å². The second-order valence-electron chi connectivity index (χ2n) is 3.99. The fourth-order valence-corrected chi connectivity index (χ4v) is 9.24. The summed E-state index contributed by atoms with van der Waals surface area (Å²) in [7, 11) is 3.24. The van der Waals surface area contributed by atoms with E-state index < -0.39 is 0 Å². The smallest absolute Gasteiger partial charge is 0.0607 e. The van der Waals surface area contributed by atoms with E-state index >= 15 is 0 Å². The number of hydrogen-bond donors (Lipinski definition) is 0. The number of benzene rings is 1. The molecular weight excluding hydrogens is 204 g/mol. The number of rotatable bonds is 3. The first kappa shape index (κ1) is 10.9. The molecule has 3 heteroatoms. The van der Waals surface area contributed by atoms with Crippen molar-refractivity contribution in [3.63, 3.8) is 0 Å². The summed E-state index contributed by atoms with van der Waals surface area (Å²) in [4.78, 5) is 0. The van der Waals surface area contributed by atoms with Crippen molar-refractivity contribution in [3.05, 3.63) is 30.3 Å². The number of hydrogen-bond acceptors (Lipinski definition) is 0. The average Bonchev–Trinajstić information content (AvgIpc) is 2.04. The Balaban J connectivity index is 2.29. The van der Waals surface area contributed by atoms with Crippen LogP contribution in [0, 0.1) is 0 Å². The van der Waals surface area contributed by atoms with E-state index in [1.54, 1.807) is 0 Å². The van der Waals surface area contributed by atoms with Crippen molar-refractivity contribution < 1.29 is 0 Å². The van der Waals surface area contributed by atoms with Crippen molar-refractivity contribution in [1.82, 2.24) is 0 Å². The van der Waals surface area contributed by atoms with E-state index in [4.69, 9.17) is 0 Å². The lowest BCUT2D eigenvalue weighted by molar-refractivity contribution is 0.763. The van der Waals surface area contributed by atoms with E-state index in [0.29, 0.717) is 5.04 Å². The third-order valence-corrected chi connectivity index (χ3v) is 9.16. The Kier molecular flexibility index (Phi) is 4.15. The SMILES string of the molecule is CC(C)(C)[Si][Si][Si]c1ccccc1. The molecule has 0 spiro atoms. The Labute approximate surface area is 88.2 Å². The van der Waals surface area contributed by atoms with Crippen LogP contribution in [-0.2, 0) is 0 Å². The molecule has 0 aliphatic heterocycles. The minimum Gasteiger partial charge on any atom is -0.0681 e. The van der Waals surface area contributed by atoms with Gasteiger partial charge in [0.1, 0.15) is 0 Å². The van der Waals surface area contributed by atoms with Crippen molar-refractivity contribution >= 4 is 31.8 Å². The molecule has 0 aromatic heterocycles. The maximum absolute atomic E-state index is 2.33. The van der Waals surface area contributed by atoms with Gasteiger partial charge in [0.2, 0.25) is 0 Å². The predicted octanol–water partition coefficient (Wildman–Crippen LogP) is 1.47. The van der Waals surface area contributed by atoms with Crippen LogP contribution in [0.3, 0.4) is 0 Å². The van der Waals surface area contributed by atoms with Crippen LogP contribution < -0.4 is 5.19 Å². The highest BCUT2D eigenvalue weighted by molar-refractivity contribution is 7.33. The Bertz CT molecular complexity index is 238. The summed E-state index contributed by atoms with van der Waals surface area (Å²) in [6, 6.07) is 10.8. The quantitative estimate of drug-likeness (QED) is 0.674. The van der Waals surface area contributed by atoms with E-state index in [-0.39, 0.29) is 0 Å². The molecule has 0 atom stereocenters. The fraction of sp³-hybridized carbons (Fsp3) is 0.400. The van der Waals surface area contributed by atoms with Crippen LogP contribution in [0.25, 0.3) is 0 Å². The standard InChI is InChI=1S/C10H14Si3/c1-10(2,3)12-13-11-9-7-5-4-6-8-9/h4-8H,1-3H3. The van der Waals surface area contributed by atoms with Gasteiger partial charge in [0.05, 0.1) is 9.04 Å². The monoisotopic (exact) mass is 218 g/mol.